The van der Waals surface area contributed by atoms with Crippen LogP contribution in [0.4, 0.5) is 11.4 Å². The van der Waals surface area contributed by atoms with Crippen LogP contribution in [0.25, 0.3) is 0 Å². The van der Waals surface area contributed by atoms with E-state index in [0.29, 0.717) is 5.69 Å². The van der Waals surface area contributed by atoms with Gasteiger partial charge in [0, 0.05) is 23.5 Å². The first kappa shape index (κ1) is 16.2. The molecule has 0 saturated carbocycles. The van der Waals surface area contributed by atoms with Gasteiger partial charge in [-0.25, -0.2) is 9.59 Å². The third kappa shape index (κ3) is 4.03. The lowest BCUT2D eigenvalue weighted by atomic mass is 10.2. The summed E-state index contributed by atoms with van der Waals surface area (Å²) in [5.74, 6) is -1.68. The Hall–Kier alpha value is -2.90. The molecular formula is C13H14N2O6. The van der Waals surface area contributed by atoms with Crippen molar-refractivity contribution in [3.05, 3.63) is 45.6 Å². The summed E-state index contributed by atoms with van der Waals surface area (Å²) in [4.78, 5) is 33.2. The van der Waals surface area contributed by atoms with Crippen LogP contribution in [-0.4, -0.2) is 31.1 Å². The molecule has 0 aliphatic carbocycles. The topological polar surface area (TPSA) is 108 Å². The van der Waals surface area contributed by atoms with E-state index in [9.17, 15) is 19.7 Å². The van der Waals surface area contributed by atoms with Gasteiger partial charge in [0.2, 0.25) is 0 Å². The molecule has 21 heavy (non-hydrogen) atoms. The Labute approximate surface area is 120 Å². The molecule has 0 amide bonds. The monoisotopic (exact) mass is 294 g/mol. The van der Waals surface area contributed by atoms with Crippen LogP contribution in [0.2, 0.25) is 0 Å². The fourth-order valence-corrected chi connectivity index (χ4v) is 1.54. The van der Waals surface area contributed by atoms with E-state index in [-0.39, 0.29) is 17.0 Å². The molecule has 112 valence electrons. The molecule has 8 heteroatoms. The van der Waals surface area contributed by atoms with Gasteiger partial charge in [-0.3, -0.25) is 10.1 Å². The Balaban J connectivity index is 3.06. The molecule has 1 N–H and O–H groups in total. The number of nitrogens with one attached hydrogen (secondary N) is 1. The van der Waals surface area contributed by atoms with E-state index in [2.05, 4.69) is 14.8 Å². The Bertz CT molecular complexity index is 573. The van der Waals surface area contributed by atoms with Crippen molar-refractivity contribution in [2.75, 3.05) is 19.5 Å². The lowest BCUT2D eigenvalue weighted by Gasteiger charge is -2.11. The summed E-state index contributed by atoms with van der Waals surface area (Å²) in [5, 5.41) is 13.3. The van der Waals surface area contributed by atoms with Crippen LogP contribution in [0.3, 0.4) is 0 Å². The number of allylic oxidation sites excluding steroid dienone is 1. The second-order valence-corrected chi connectivity index (χ2v) is 3.91. The number of methoxy groups -OCH3 is 2. The van der Waals surface area contributed by atoms with Gasteiger partial charge in [0.05, 0.1) is 19.1 Å². The SMILES string of the molecule is COC(=O)C(C(=O)OC)=C(C)Nc1ccc([N+](=O)[O-])cc1. The van der Waals surface area contributed by atoms with Gasteiger partial charge in [-0.1, -0.05) is 0 Å². The van der Waals surface area contributed by atoms with E-state index in [1.807, 2.05) is 0 Å². The first-order chi connectivity index (χ1) is 9.90. The summed E-state index contributed by atoms with van der Waals surface area (Å²) in [5.41, 5.74) is 0.340. The Morgan fingerprint density at radius 2 is 1.57 bits per heavy atom. The lowest BCUT2D eigenvalue weighted by molar-refractivity contribution is -0.384. The molecule has 0 saturated heterocycles. The minimum absolute atomic E-state index is 0.0664. The minimum atomic E-state index is -0.839. The lowest BCUT2D eigenvalue weighted by Crippen LogP contribution is -2.20. The van der Waals surface area contributed by atoms with Crippen LogP contribution < -0.4 is 5.32 Å². The van der Waals surface area contributed by atoms with Gasteiger partial charge in [0.25, 0.3) is 5.69 Å². The van der Waals surface area contributed by atoms with E-state index in [4.69, 9.17) is 0 Å². The first-order valence-corrected chi connectivity index (χ1v) is 5.79. The predicted molar refractivity (Wildman–Crippen MR) is 73.5 cm³/mol. The van der Waals surface area contributed by atoms with E-state index in [0.717, 1.165) is 14.2 Å². The van der Waals surface area contributed by atoms with Gasteiger partial charge in [0.1, 0.15) is 0 Å². The number of nitro benzene ring substituents is 1. The molecular weight excluding hydrogens is 280 g/mol. The summed E-state index contributed by atoms with van der Waals surface area (Å²) in [6.07, 6.45) is 0. The molecule has 0 aromatic heterocycles. The second-order valence-electron chi connectivity index (χ2n) is 3.91. The molecule has 0 fully saturated rings. The number of ether oxygens (including phenoxy) is 2. The van der Waals surface area contributed by atoms with Crippen molar-refractivity contribution in [1.82, 2.24) is 0 Å². The molecule has 0 unspecified atom stereocenters. The fraction of sp³-hybridized carbons (Fsp3) is 0.231. The standard InChI is InChI=1S/C13H14N2O6/c1-8(11(12(16)20-2)13(17)21-3)14-9-4-6-10(7-5-9)15(18)19/h4-7,14H,1-3H3. The Morgan fingerprint density at radius 1 is 1.10 bits per heavy atom. The van der Waals surface area contributed by atoms with Crippen molar-refractivity contribution >= 4 is 23.3 Å². The van der Waals surface area contributed by atoms with E-state index < -0.39 is 16.9 Å². The zero-order valence-corrected chi connectivity index (χ0v) is 11.7. The number of hydrogen-bond donors (Lipinski definition) is 1. The number of hydrogen-bond acceptors (Lipinski definition) is 7. The number of benzene rings is 1. The maximum absolute atomic E-state index is 11.6. The van der Waals surface area contributed by atoms with Gasteiger partial charge in [-0.2, -0.15) is 0 Å². The second kappa shape index (κ2) is 7.04. The third-order valence-corrected chi connectivity index (χ3v) is 2.56. The summed E-state index contributed by atoms with van der Waals surface area (Å²) >= 11 is 0. The molecule has 1 aromatic rings. The van der Waals surface area contributed by atoms with E-state index in [1.54, 1.807) is 0 Å². The molecule has 0 aliphatic heterocycles. The van der Waals surface area contributed by atoms with Crippen molar-refractivity contribution in [1.29, 1.82) is 0 Å². The first-order valence-electron chi connectivity index (χ1n) is 5.79. The number of anilines is 1. The minimum Gasteiger partial charge on any atom is -0.465 e. The van der Waals surface area contributed by atoms with Crippen LogP contribution in [0.15, 0.2) is 35.5 Å². The van der Waals surface area contributed by atoms with Crippen molar-refractivity contribution < 1.29 is 24.0 Å². The van der Waals surface area contributed by atoms with Crippen molar-refractivity contribution in [2.24, 2.45) is 0 Å². The molecule has 0 bridgehead atoms. The molecule has 0 aliphatic rings. The van der Waals surface area contributed by atoms with Crippen LogP contribution in [0, 0.1) is 10.1 Å². The van der Waals surface area contributed by atoms with Crippen LogP contribution >= 0.6 is 0 Å². The maximum atomic E-state index is 11.6. The van der Waals surface area contributed by atoms with Crippen molar-refractivity contribution in [3.8, 4) is 0 Å². The highest BCUT2D eigenvalue weighted by molar-refractivity contribution is 6.14. The van der Waals surface area contributed by atoms with Gasteiger partial charge in [0.15, 0.2) is 5.57 Å². The number of rotatable bonds is 5. The highest BCUT2D eigenvalue weighted by Crippen LogP contribution is 2.18. The van der Waals surface area contributed by atoms with Crippen molar-refractivity contribution in [3.63, 3.8) is 0 Å². The zero-order valence-electron chi connectivity index (χ0n) is 11.7. The van der Waals surface area contributed by atoms with Gasteiger partial charge >= 0.3 is 11.9 Å². The highest BCUT2D eigenvalue weighted by atomic mass is 16.6. The van der Waals surface area contributed by atoms with Gasteiger partial charge in [-0.15, -0.1) is 0 Å². The molecule has 1 rings (SSSR count). The maximum Gasteiger partial charge on any atom is 0.347 e. The Morgan fingerprint density at radius 3 is 1.95 bits per heavy atom. The number of carbonyl (C=O) groups excluding carboxylic acids is 2. The van der Waals surface area contributed by atoms with Crippen LogP contribution in [0.5, 0.6) is 0 Å². The van der Waals surface area contributed by atoms with E-state index in [1.165, 1.54) is 31.2 Å². The predicted octanol–water partition coefficient (Wildman–Crippen LogP) is 1.63. The molecule has 1 aromatic carbocycles. The zero-order chi connectivity index (χ0) is 16.0. The average Bonchev–Trinajstić information content (AvgIpc) is 2.47. The molecule has 0 spiro atoms. The summed E-state index contributed by atoms with van der Waals surface area (Å²) in [6, 6.07) is 5.50. The number of non-ortho nitro benzene ring substituents is 1. The average molecular weight is 294 g/mol. The number of esters is 2. The summed E-state index contributed by atoms with van der Waals surface area (Å²) in [6.45, 7) is 1.49. The largest absolute Gasteiger partial charge is 0.465 e. The van der Waals surface area contributed by atoms with Crippen LogP contribution in [-0.2, 0) is 19.1 Å². The molecule has 0 heterocycles. The summed E-state index contributed by atoms with van der Waals surface area (Å²) in [7, 11) is 2.29. The quantitative estimate of drug-likeness (QED) is 0.219. The molecule has 0 atom stereocenters. The van der Waals surface area contributed by atoms with Crippen molar-refractivity contribution in [2.45, 2.75) is 6.92 Å². The van der Waals surface area contributed by atoms with Gasteiger partial charge in [-0.05, 0) is 19.1 Å². The highest BCUT2D eigenvalue weighted by Gasteiger charge is 2.23. The fourth-order valence-electron chi connectivity index (χ4n) is 1.54. The molecule has 0 radical (unpaired) electrons. The van der Waals surface area contributed by atoms with Crippen LogP contribution in [0.1, 0.15) is 6.92 Å². The normalized spacial score (nSPS) is 9.48. The smallest absolute Gasteiger partial charge is 0.347 e. The number of nitrogens with zero attached hydrogens (tertiary/aromatic N) is 1. The number of carbonyl (C=O) groups is 2. The van der Waals surface area contributed by atoms with Gasteiger partial charge < -0.3 is 14.8 Å². The Kier molecular flexibility index (Phi) is 5.41. The third-order valence-electron chi connectivity index (χ3n) is 2.56. The molecule has 8 nitrogen and oxygen atoms in total. The number of nitro groups is 1. The summed E-state index contributed by atoms with van der Waals surface area (Å²) < 4.78 is 9.04. The van der Waals surface area contributed by atoms with E-state index >= 15 is 0 Å².